The Balaban J connectivity index is 1.68. The van der Waals surface area contributed by atoms with E-state index < -0.39 is 5.97 Å². The first-order valence-corrected chi connectivity index (χ1v) is 11.8. The van der Waals surface area contributed by atoms with Crippen molar-refractivity contribution in [1.29, 1.82) is 0 Å². The molecule has 1 unspecified atom stereocenters. The summed E-state index contributed by atoms with van der Waals surface area (Å²) in [6, 6.07) is 8.07. The van der Waals surface area contributed by atoms with Gasteiger partial charge in [0, 0.05) is 60.7 Å². The van der Waals surface area contributed by atoms with Gasteiger partial charge >= 0.3 is 5.97 Å². The number of H-pyrrole nitrogens is 1. The zero-order valence-corrected chi connectivity index (χ0v) is 20.3. The third kappa shape index (κ3) is 7.02. The van der Waals surface area contributed by atoms with Crippen molar-refractivity contribution in [1.82, 2.24) is 19.4 Å². The Morgan fingerprint density at radius 3 is 2.79 bits per heavy atom. The van der Waals surface area contributed by atoms with Crippen LogP contribution in [0.25, 0.3) is 10.9 Å². The fraction of sp³-hybridized carbons (Fsp3) is 0.360. The van der Waals surface area contributed by atoms with Crippen molar-refractivity contribution in [2.24, 2.45) is 5.92 Å². The number of ether oxygens (including phenoxy) is 2. The van der Waals surface area contributed by atoms with Crippen molar-refractivity contribution < 1.29 is 19.1 Å². The number of hydrogen-bond donors (Lipinski definition) is 1. The second-order valence-electron chi connectivity index (χ2n) is 7.80. The first-order chi connectivity index (χ1) is 16.5. The minimum Gasteiger partial charge on any atom is -0.470 e. The number of fused-ring (bicyclic) bond motifs is 1. The van der Waals surface area contributed by atoms with Gasteiger partial charge in [-0.05, 0) is 43.6 Å². The summed E-state index contributed by atoms with van der Waals surface area (Å²) in [5, 5.41) is 1.45. The highest BCUT2D eigenvalue weighted by atomic mass is 32.1. The lowest BCUT2D eigenvalue weighted by Gasteiger charge is -2.26. The van der Waals surface area contributed by atoms with E-state index in [1.807, 2.05) is 31.3 Å². The van der Waals surface area contributed by atoms with Crippen molar-refractivity contribution >= 4 is 40.2 Å². The summed E-state index contributed by atoms with van der Waals surface area (Å²) >= 11 is 5.31. The number of thiocarbonyl (C=S) groups is 1. The number of esters is 1. The average molecular weight is 483 g/mol. The minimum atomic E-state index is -0.534. The molecule has 2 heterocycles. The molecular weight excluding hydrogens is 452 g/mol. The van der Waals surface area contributed by atoms with Crippen LogP contribution in [-0.2, 0) is 25.5 Å². The molecule has 0 bridgehead atoms. The first kappa shape index (κ1) is 25.2. The van der Waals surface area contributed by atoms with Gasteiger partial charge in [-0.15, -0.1) is 0 Å². The van der Waals surface area contributed by atoms with E-state index in [0.717, 1.165) is 22.9 Å². The number of carbonyl (C=O) groups is 2. The van der Waals surface area contributed by atoms with E-state index in [-0.39, 0.29) is 18.4 Å². The van der Waals surface area contributed by atoms with Crippen LogP contribution in [0.4, 0.5) is 0 Å². The summed E-state index contributed by atoms with van der Waals surface area (Å²) in [5.41, 5.74) is 2.19. The lowest BCUT2D eigenvalue weighted by Crippen LogP contribution is -2.37. The average Bonchev–Trinajstić information content (AvgIpc) is 3.53. The van der Waals surface area contributed by atoms with Gasteiger partial charge in [-0.1, -0.05) is 25.1 Å². The lowest BCUT2D eigenvalue weighted by molar-refractivity contribution is -0.137. The van der Waals surface area contributed by atoms with Crippen LogP contribution in [0.15, 0.2) is 61.3 Å². The molecular formula is C25H30N4O4S. The molecule has 0 saturated carbocycles. The Kier molecular flexibility index (Phi) is 9.40. The Labute approximate surface area is 204 Å². The Hall–Kier alpha value is -3.46. The van der Waals surface area contributed by atoms with Crippen LogP contribution in [0.2, 0.25) is 0 Å². The van der Waals surface area contributed by atoms with Crippen molar-refractivity contribution in [3.63, 3.8) is 0 Å². The molecule has 180 valence electrons. The highest BCUT2D eigenvalue weighted by molar-refractivity contribution is 7.80. The number of hydrogen-bond acceptors (Lipinski definition) is 6. The first-order valence-electron chi connectivity index (χ1n) is 11.4. The minimum absolute atomic E-state index is 0.0596. The Bertz CT molecular complexity index is 1120. The molecule has 8 nitrogen and oxygen atoms in total. The second kappa shape index (κ2) is 12.7. The number of imidazole rings is 1. The second-order valence-corrected chi connectivity index (χ2v) is 8.15. The standard InChI is InChI=1S/C25H30N4O4S/c1-3-19(17-33-25(34)29-14-12-26-18-29)16-28(23(30)9-10-24(31)32-4-2)13-11-20-15-27-22-8-6-5-7-21(20)22/h5-10,12,14-15,18-19,27H,3-4,11,13,16-17H2,1-2H3/b10-9+. The van der Waals surface area contributed by atoms with E-state index in [1.165, 1.54) is 12.2 Å². The molecule has 0 spiro atoms. The SMILES string of the molecule is CCOC(=O)/C=C/C(=O)N(CCc1c[nH]c2ccccc12)CC(CC)COC(=S)n1ccnc1. The molecule has 9 heteroatoms. The summed E-state index contributed by atoms with van der Waals surface area (Å²) in [7, 11) is 0. The number of nitrogens with zero attached hydrogens (tertiary/aromatic N) is 3. The smallest absolute Gasteiger partial charge is 0.330 e. The molecule has 1 atom stereocenters. The van der Waals surface area contributed by atoms with E-state index in [2.05, 4.69) is 16.0 Å². The molecule has 0 radical (unpaired) electrons. The van der Waals surface area contributed by atoms with Gasteiger partial charge in [0.2, 0.25) is 5.91 Å². The largest absolute Gasteiger partial charge is 0.470 e. The lowest BCUT2D eigenvalue weighted by atomic mass is 10.1. The maximum Gasteiger partial charge on any atom is 0.330 e. The van der Waals surface area contributed by atoms with Gasteiger partial charge in [-0.2, -0.15) is 0 Å². The molecule has 1 amide bonds. The quantitative estimate of drug-likeness (QED) is 0.255. The zero-order valence-electron chi connectivity index (χ0n) is 19.5. The third-order valence-electron chi connectivity index (χ3n) is 5.50. The molecule has 0 aliphatic rings. The summed E-state index contributed by atoms with van der Waals surface area (Å²) in [6.07, 6.45) is 10.8. The maximum atomic E-state index is 13.0. The molecule has 3 rings (SSSR count). The van der Waals surface area contributed by atoms with Crippen LogP contribution in [-0.4, -0.2) is 62.8 Å². The highest BCUT2D eigenvalue weighted by Gasteiger charge is 2.19. The molecule has 1 N–H and O–H groups in total. The molecule has 0 aliphatic heterocycles. The van der Waals surface area contributed by atoms with Gasteiger partial charge in [-0.25, -0.2) is 9.78 Å². The summed E-state index contributed by atoms with van der Waals surface area (Å²) in [5.74, 6) is -0.721. The number of nitrogens with one attached hydrogen (secondary N) is 1. The Morgan fingerprint density at radius 1 is 1.24 bits per heavy atom. The van der Waals surface area contributed by atoms with Gasteiger partial charge in [0.1, 0.15) is 6.33 Å². The van der Waals surface area contributed by atoms with Crippen LogP contribution < -0.4 is 0 Å². The Morgan fingerprint density at radius 2 is 2.06 bits per heavy atom. The predicted octanol–water partition coefficient (Wildman–Crippen LogP) is 3.73. The maximum absolute atomic E-state index is 13.0. The molecule has 1 aromatic carbocycles. The van der Waals surface area contributed by atoms with Crippen LogP contribution >= 0.6 is 12.2 Å². The normalized spacial score (nSPS) is 12.1. The van der Waals surface area contributed by atoms with E-state index >= 15 is 0 Å². The summed E-state index contributed by atoms with van der Waals surface area (Å²) in [6.45, 7) is 5.36. The van der Waals surface area contributed by atoms with E-state index in [1.54, 1.807) is 35.1 Å². The van der Waals surface area contributed by atoms with Gasteiger partial charge in [0.15, 0.2) is 0 Å². The zero-order chi connectivity index (χ0) is 24.3. The number of carbonyl (C=O) groups excluding carboxylic acids is 2. The van der Waals surface area contributed by atoms with Gasteiger partial charge < -0.3 is 19.4 Å². The predicted molar refractivity (Wildman–Crippen MR) is 134 cm³/mol. The number of aromatic amines is 1. The molecule has 0 aliphatic carbocycles. The van der Waals surface area contributed by atoms with Crippen molar-refractivity contribution in [2.75, 3.05) is 26.3 Å². The van der Waals surface area contributed by atoms with Gasteiger partial charge in [-0.3, -0.25) is 9.36 Å². The molecule has 34 heavy (non-hydrogen) atoms. The number of para-hydroxylation sites is 1. The van der Waals surface area contributed by atoms with Gasteiger partial charge in [0.25, 0.3) is 5.17 Å². The highest BCUT2D eigenvalue weighted by Crippen LogP contribution is 2.19. The number of aromatic nitrogens is 3. The van der Waals surface area contributed by atoms with Crippen LogP contribution in [0, 0.1) is 5.92 Å². The number of amides is 1. The summed E-state index contributed by atoms with van der Waals surface area (Å²) < 4.78 is 12.3. The van der Waals surface area contributed by atoms with E-state index in [0.29, 0.717) is 31.3 Å². The van der Waals surface area contributed by atoms with Crippen molar-refractivity contribution in [2.45, 2.75) is 26.7 Å². The molecule has 0 saturated heterocycles. The number of rotatable bonds is 11. The fourth-order valence-electron chi connectivity index (χ4n) is 3.56. The van der Waals surface area contributed by atoms with E-state index in [4.69, 9.17) is 21.7 Å². The van der Waals surface area contributed by atoms with Gasteiger partial charge in [0.05, 0.1) is 13.2 Å². The number of benzene rings is 1. The van der Waals surface area contributed by atoms with Crippen LogP contribution in [0.3, 0.4) is 0 Å². The van der Waals surface area contributed by atoms with Crippen molar-refractivity contribution in [3.8, 4) is 0 Å². The van der Waals surface area contributed by atoms with Crippen LogP contribution in [0.1, 0.15) is 25.8 Å². The monoisotopic (exact) mass is 482 g/mol. The molecule has 0 fully saturated rings. The molecule has 3 aromatic rings. The summed E-state index contributed by atoms with van der Waals surface area (Å²) in [4.78, 5) is 33.7. The molecule has 2 aromatic heterocycles. The van der Waals surface area contributed by atoms with Crippen molar-refractivity contribution in [3.05, 3.63) is 66.9 Å². The topological polar surface area (TPSA) is 89.5 Å². The van der Waals surface area contributed by atoms with E-state index in [9.17, 15) is 9.59 Å². The van der Waals surface area contributed by atoms with Crippen LogP contribution in [0.5, 0.6) is 0 Å². The third-order valence-corrected chi connectivity index (χ3v) is 5.83. The fourth-order valence-corrected chi connectivity index (χ4v) is 3.74.